The third-order valence-corrected chi connectivity index (χ3v) is 6.52. The number of hydrogen-bond donors (Lipinski definition) is 1. The van der Waals surface area contributed by atoms with Crippen molar-refractivity contribution >= 4 is 16.9 Å². The van der Waals surface area contributed by atoms with E-state index in [1.807, 2.05) is 29.7 Å². The Labute approximate surface area is 186 Å². The van der Waals surface area contributed by atoms with Gasteiger partial charge in [0.25, 0.3) is 0 Å². The fraction of sp³-hybridized carbons (Fsp3) is 0.423. The number of rotatable bonds is 5. The van der Waals surface area contributed by atoms with Crippen LogP contribution >= 0.6 is 0 Å². The van der Waals surface area contributed by atoms with Crippen LogP contribution in [0.2, 0.25) is 0 Å². The molecule has 1 N–H and O–H groups in total. The van der Waals surface area contributed by atoms with E-state index in [-0.39, 0.29) is 24.0 Å². The van der Waals surface area contributed by atoms with Crippen molar-refractivity contribution in [2.24, 2.45) is 0 Å². The lowest BCUT2D eigenvalue weighted by atomic mass is 9.99. The second-order valence-corrected chi connectivity index (χ2v) is 9.07. The molecule has 2 heterocycles. The third kappa shape index (κ3) is 4.05. The Morgan fingerprint density at radius 1 is 1.19 bits per heavy atom. The summed E-state index contributed by atoms with van der Waals surface area (Å²) in [6.07, 6.45) is 3.52. The molecule has 6 heteroatoms. The van der Waals surface area contributed by atoms with Crippen molar-refractivity contribution < 1.29 is 23.8 Å². The van der Waals surface area contributed by atoms with E-state index in [1.54, 1.807) is 12.3 Å². The Bertz CT molecular complexity index is 1130. The van der Waals surface area contributed by atoms with Gasteiger partial charge < -0.3 is 19.1 Å². The summed E-state index contributed by atoms with van der Waals surface area (Å²) in [5, 5.41) is 11.6. The lowest BCUT2D eigenvalue weighted by Crippen LogP contribution is -2.34. The van der Waals surface area contributed by atoms with Crippen LogP contribution in [0.15, 0.2) is 48.7 Å². The first kappa shape index (κ1) is 21.2. The Morgan fingerprint density at radius 2 is 1.94 bits per heavy atom. The van der Waals surface area contributed by atoms with Gasteiger partial charge in [0.05, 0.1) is 11.6 Å². The Morgan fingerprint density at radius 3 is 2.62 bits per heavy atom. The van der Waals surface area contributed by atoms with Crippen LogP contribution in [-0.4, -0.2) is 27.9 Å². The Kier molecular flexibility index (Phi) is 5.51. The molecule has 2 fully saturated rings. The highest BCUT2D eigenvalue weighted by atomic mass is 19.1. The van der Waals surface area contributed by atoms with Gasteiger partial charge in [-0.05, 0) is 48.9 Å². The van der Waals surface area contributed by atoms with Crippen LogP contribution in [0.5, 0.6) is 0 Å². The van der Waals surface area contributed by atoms with Crippen molar-refractivity contribution in [2.45, 2.75) is 70.0 Å². The number of carbonyl (C=O) groups excluding carboxylic acids is 1. The number of aromatic nitrogens is 1. The van der Waals surface area contributed by atoms with Crippen LogP contribution < -0.4 is 0 Å². The lowest BCUT2D eigenvalue weighted by Gasteiger charge is -2.34. The molecule has 0 radical (unpaired) electrons. The highest BCUT2D eigenvalue weighted by Gasteiger charge is 2.32. The van der Waals surface area contributed by atoms with Gasteiger partial charge in [0, 0.05) is 36.9 Å². The van der Waals surface area contributed by atoms with Gasteiger partial charge in [0.2, 0.25) is 0 Å². The van der Waals surface area contributed by atoms with Crippen LogP contribution in [-0.2, 0) is 14.3 Å². The molecule has 168 valence electrons. The van der Waals surface area contributed by atoms with Crippen molar-refractivity contribution in [3.8, 4) is 0 Å². The zero-order chi connectivity index (χ0) is 22.4. The predicted molar refractivity (Wildman–Crippen MR) is 119 cm³/mol. The second kappa shape index (κ2) is 8.34. The number of carbonyl (C=O) groups is 1. The first-order chi connectivity index (χ1) is 15.4. The minimum Gasteiger partial charge on any atom is -0.462 e. The largest absolute Gasteiger partial charge is 0.462 e. The number of aliphatic hydroxyl groups excluding tert-OH is 1. The molecule has 0 bridgehead atoms. The fourth-order valence-corrected chi connectivity index (χ4v) is 4.87. The van der Waals surface area contributed by atoms with E-state index in [4.69, 9.17) is 9.47 Å². The van der Waals surface area contributed by atoms with Gasteiger partial charge in [-0.25, -0.2) is 4.39 Å². The van der Waals surface area contributed by atoms with E-state index in [0.717, 1.165) is 5.56 Å². The molecule has 4 atom stereocenters. The summed E-state index contributed by atoms with van der Waals surface area (Å²) in [5.74, 6) is -0.0709. The van der Waals surface area contributed by atoms with Gasteiger partial charge in [-0.2, -0.15) is 0 Å². The molecule has 2 aromatic carbocycles. The van der Waals surface area contributed by atoms with Crippen LogP contribution in [0.1, 0.15) is 74.5 Å². The van der Waals surface area contributed by atoms with E-state index < -0.39 is 12.3 Å². The van der Waals surface area contributed by atoms with Crippen LogP contribution in [0.4, 0.5) is 4.39 Å². The maximum absolute atomic E-state index is 15.0. The van der Waals surface area contributed by atoms with Gasteiger partial charge in [0.1, 0.15) is 24.3 Å². The van der Waals surface area contributed by atoms with Crippen LogP contribution in [0, 0.1) is 5.82 Å². The number of ether oxygens (including phenoxy) is 2. The van der Waals surface area contributed by atoms with Gasteiger partial charge in [-0.1, -0.05) is 30.3 Å². The molecule has 0 spiro atoms. The molecule has 1 aromatic heterocycles. The van der Waals surface area contributed by atoms with Gasteiger partial charge >= 0.3 is 5.97 Å². The summed E-state index contributed by atoms with van der Waals surface area (Å²) < 4.78 is 28.4. The SMILES string of the molecule is CC(=O)O[C@H]1C[C@@H](C)O[C@@H](n2cc(C(O)c3ccc(C4CC4)cc3)c3c(F)cccc32)C1. The van der Waals surface area contributed by atoms with Crippen LogP contribution in [0.3, 0.4) is 0 Å². The predicted octanol–water partition coefficient (Wildman–Crippen LogP) is 5.37. The molecule has 1 unspecified atom stereocenters. The summed E-state index contributed by atoms with van der Waals surface area (Å²) >= 11 is 0. The number of nitrogens with zero attached hydrogens (tertiary/aromatic N) is 1. The molecule has 1 saturated heterocycles. The number of fused-ring (bicyclic) bond motifs is 1. The molecule has 3 aromatic rings. The molecule has 32 heavy (non-hydrogen) atoms. The third-order valence-electron chi connectivity index (χ3n) is 6.52. The first-order valence-electron chi connectivity index (χ1n) is 11.3. The van der Waals surface area contributed by atoms with Crippen molar-refractivity contribution in [3.05, 3.63) is 71.2 Å². The molecular formula is C26H28FNO4. The van der Waals surface area contributed by atoms with Gasteiger partial charge in [-0.3, -0.25) is 4.79 Å². The monoisotopic (exact) mass is 437 g/mol. The molecule has 1 saturated carbocycles. The summed E-state index contributed by atoms with van der Waals surface area (Å²) in [6, 6.07) is 12.9. The number of benzene rings is 2. The highest BCUT2D eigenvalue weighted by Crippen LogP contribution is 2.41. The minimum absolute atomic E-state index is 0.118. The van der Waals surface area contributed by atoms with Gasteiger partial charge in [-0.15, -0.1) is 0 Å². The summed E-state index contributed by atoms with van der Waals surface area (Å²) in [7, 11) is 0. The zero-order valence-corrected chi connectivity index (χ0v) is 18.3. The van der Waals surface area contributed by atoms with Crippen molar-refractivity contribution in [3.63, 3.8) is 0 Å². The number of halogens is 1. The number of hydrogen-bond acceptors (Lipinski definition) is 4. The zero-order valence-electron chi connectivity index (χ0n) is 18.3. The van der Waals surface area contributed by atoms with E-state index in [0.29, 0.717) is 35.2 Å². The van der Waals surface area contributed by atoms with E-state index >= 15 is 0 Å². The summed E-state index contributed by atoms with van der Waals surface area (Å²) in [5.41, 5.74) is 3.17. The first-order valence-corrected chi connectivity index (χ1v) is 11.3. The molecule has 1 aliphatic heterocycles. The maximum atomic E-state index is 15.0. The molecule has 5 nitrogen and oxygen atoms in total. The molecular weight excluding hydrogens is 409 g/mol. The number of esters is 1. The smallest absolute Gasteiger partial charge is 0.302 e. The molecule has 5 rings (SSSR count). The van der Waals surface area contributed by atoms with Crippen molar-refractivity contribution in [1.29, 1.82) is 0 Å². The van der Waals surface area contributed by atoms with E-state index in [2.05, 4.69) is 12.1 Å². The second-order valence-electron chi connectivity index (χ2n) is 9.07. The van der Waals surface area contributed by atoms with Crippen molar-refractivity contribution in [2.75, 3.05) is 0 Å². The Balaban J connectivity index is 1.52. The molecule has 1 aliphatic carbocycles. The minimum atomic E-state index is -0.964. The lowest BCUT2D eigenvalue weighted by molar-refractivity contribution is -0.164. The van der Waals surface area contributed by atoms with E-state index in [9.17, 15) is 14.3 Å². The topological polar surface area (TPSA) is 60.7 Å². The molecule has 2 aliphatic rings. The molecule has 0 amide bonds. The average molecular weight is 438 g/mol. The maximum Gasteiger partial charge on any atom is 0.302 e. The van der Waals surface area contributed by atoms with Crippen LogP contribution in [0.25, 0.3) is 10.9 Å². The van der Waals surface area contributed by atoms with Gasteiger partial charge in [0.15, 0.2) is 0 Å². The Hall–Kier alpha value is -2.70. The quantitative estimate of drug-likeness (QED) is 0.545. The average Bonchev–Trinajstić information content (AvgIpc) is 3.53. The van der Waals surface area contributed by atoms with E-state index in [1.165, 1.54) is 31.4 Å². The highest BCUT2D eigenvalue weighted by molar-refractivity contribution is 5.85. The van der Waals surface area contributed by atoms with Crippen molar-refractivity contribution in [1.82, 2.24) is 4.57 Å². The number of aliphatic hydroxyl groups is 1. The fourth-order valence-electron chi connectivity index (χ4n) is 4.87. The standard InChI is InChI=1S/C26H28FNO4/c1-15-12-20(32-16(2)29)13-24(31-15)28-14-21(25-22(27)4-3-5-23(25)28)26(30)19-10-8-18(9-11-19)17-6-7-17/h3-5,8-11,14-15,17,20,24,26,30H,6-7,12-13H2,1-2H3/t15-,20+,24-,26?/m1/s1. The summed E-state index contributed by atoms with van der Waals surface area (Å²) in [6.45, 7) is 3.34. The normalized spacial score (nSPS) is 24.4. The summed E-state index contributed by atoms with van der Waals surface area (Å²) in [4.78, 5) is 11.5.